The van der Waals surface area contributed by atoms with Gasteiger partial charge in [-0.1, -0.05) is 12.2 Å². The van der Waals surface area contributed by atoms with Gasteiger partial charge >= 0.3 is 0 Å². The van der Waals surface area contributed by atoms with Crippen LogP contribution in [0.15, 0.2) is 23.8 Å². The lowest BCUT2D eigenvalue weighted by atomic mass is 9.96. The summed E-state index contributed by atoms with van der Waals surface area (Å²) in [6.45, 7) is 1.22. The first-order valence-corrected chi connectivity index (χ1v) is 4.32. The average Bonchev–Trinajstić information content (AvgIpc) is 2.06. The zero-order valence-electron chi connectivity index (χ0n) is 7.01. The standard InChI is InChI=1S/C10H14N/c1-11-8-4-6-9-5-2-3-7-10(9)11/h3,5,7H,2,4,6,8H2,1H3/q+1. The Bertz CT molecular complexity index is 256. The van der Waals surface area contributed by atoms with Crippen LogP contribution in [0.4, 0.5) is 0 Å². The first-order valence-electron chi connectivity index (χ1n) is 4.32. The Kier molecular flexibility index (Phi) is 1.65. The Labute approximate surface area is 67.7 Å². The van der Waals surface area contributed by atoms with Crippen LogP contribution in [0.5, 0.6) is 0 Å². The van der Waals surface area contributed by atoms with Gasteiger partial charge in [0.25, 0.3) is 0 Å². The molecule has 1 aliphatic carbocycles. The van der Waals surface area contributed by atoms with Gasteiger partial charge in [-0.25, -0.2) is 4.58 Å². The summed E-state index contributed by atoms with van der Waals surface area (Å²) >= 11 is 0. The molecule has 58 valence electrons. The maximum absolute atomic E-state index is 2.35. The van der Waals surface area contributed by atoms with Gasteiger partial charge in [-0.15, -0.1) is 0 Å². The predicted octanol–water partition coefficient (Wildman–Crippen LogP) is 1.75. The molecule has 0 N–H and O–H groups in total. The predicted molar refractivity (Wildman–Crippen MR) is 47.1 cm³/mol. The minimum atomic E-state index is 1.13. The maximum Gasteiger partial charge on any atom is 0.202 e. The van der Waals surface area contributed by atoms with Crippen molar-refractivity contribution in [2.75, 3.05) is 13.6 Å². The van der Waals surface area contributed by atoms with Crippen LogP contribution in [0.2, 0.25) is 0 Å². The average molecular weight is 148 g/mol. The lowest BCUT2D eigenvalue weighted by Gasteiger charge is -2.14. The van der Waals surface area contributed by atoms with Crippen molar-refractivity contribution < 1.29 is 4.58 Å². The molecule has 11 heavy (non-hydrogen) atoms. The van der Waals surface area contributed by atoms with Crippen molar-refractivity contribution >= 4 is 5.71 Å². The molecule has 0 radical (unpaired) electrons. The molecule has 0 saturated heterocycles. The molecule has 0 saturated carbocycles. The second-order valence-electron chi connectivity index (χ2n) is 3.28. The molecule has 0 aromatic carbocycles. The zero-order valence-corrected chi connectivity index (χ0v) is 7.01. The third-order valence-corrected chi connectivity index (χ3v) is 2.46. The van der Waals surface area contributed by atoms with Crippen LogP contribution in [0.3, 0.4) is 0 Å². The van der Waals surface area contributed by atoms with Crippen LogP contribution in [0, 0.1) is 0 Å². The van der Waals surface area contributed by atoms with Crippen LogP contribution >= 0.6 is 0 Å². The van der Waals surface area contributed by atoms with E-state index in [1.165, 1.54) is 25.1 Å². The van der Waals surface area contributed by atoms with Gasteiger partial charge in [-0.2, -0.15) is 0 Å². The number of hydrogen-bond donors (Lipinski definition) is 0. The van der Waals surface area contributed by atoms with Crippen molar-refractivity contribution in [2.45, 2.75) is 19.3 Å². The van der Waals surface area contributed by atoms with Crippen molar-refractivity contribution in [3.05, 3.63) is 23.8 Å². The number of nitrogens with zero attached hydrogens (tertiary/aromatic N) is 1. The van der Waals surface area contributed by atoms with Crippen molar-refractivity contribution in [1.82, 2.24) is 0 Å². The summed E-state index contributed by atoms with van der Waals surface area (Å²) in [6.07, 6.45) is 10.6. The summed E-state index contributed by atoms with van der Waals surface area (Å²) < 4.78 is 2.35. The molecule has 0 spiro atoms. The molecule has 2 aliphatic rings. The number of fused-ring (bicyclic) bond motifs is 1. The smallest absolute Gasteiger partial charge is 0.202 e. The highest BCUT2D eigenvalue weighted by Crippen LogP contribution is 2.17. The van der Waals surface area contributed by atoms with E-state index < -0.39 is 0 Å². The monoisotopic (exact) mass is 148 g/mol. The highest BCUT2D eigenvalue weighted by molar-refractivity contribution is 6.05. The summed E-state index contributed by atoms with van der Waals surface area (Å²) in [4.78, 5) is 0. The summed E-state index contributed by atoms with van der Waals surface area (Å²) in [5.41, 5.74) is 3.00. The van der Waals surface area contributed by atoms with Gasteiger partial charge in [0, 0.05) is 18.1 Å². The molecule has 2 rings (SSSR count). The molecule has 0 amide bonds. The summed E-state index contributed by atoms with van der Waals surface area (Å²) in [7, 11) is 2.18. The molecule has 0 aromatic heterocycles. The van der Waals surface area contributed by atoms with Gasteiger partial charge in [-0.3, -0.25) is 0 Å². The van der Waals surface area contributed by atoms with E-state index in [2.05, 4.69) is 29.9 Å². The molecular weight excluding hydrogens is 134 g/mol. The molecule has 0 unspecified atom stereocenters. The van der Waals surface area contributed by atoms with Crippen LogP contribution in [0.25, 0.3) is 0 Å². The van der Waals surface area contributed by atoms with Gasteiger partial charge in [0.2, 0.25) is 5.71 Å². The van der Waals surface area contributed by atoms with Crippen LogP contribution in [-0.2, 0) is 0 Å². The quantitative estimate of drug-likeness (QED) is 0.460. The van der Waals surface area contributed by atoms with Crippen LogP contribution in [0.1, 0.15) is 19.3 Å². The van der Waals surface area contributed by atoms with Gasteiger partial charge in [0.15, 0.2) is 0 Å². The van der Waals surface area contributed by atoms with Crippen molar-refractivity contribution in [2.24, 2.45) is 0 Å². The molecule has 1 heteroatoms. The molecular formula is C10H14N+. The number of allylic oxidation sites excluding steroid dienone is 4. The van der Waals surface area contributed by atoms with E-state index >= 15 is 0 Å². The molecule has 0 atom stereocenters. The van der Waals surface area contributed by atoms with Gasteiger partial charge in [0.1, 0.15) is 13.6 Å². The second-order valence-corrected chi connectivity index (χ2v) is 3.28. The van der Waals surface area contributed by atoms with E-state index in [0.29, 0.717) is 0 Å². The first-order chi connectivity index (χ1) is 5.38. The van der Waals surface area contributed by atoms with E-state index in [-0.39, 0.29) is 0 Å². The Hall–Kier alpha value is -0.850. The summed E-state index contributed by atoms with van der Waals surface area (Å²) in [6, 6.07) is 0. The number of hydrogen-bond acceptors (Lipinski definition) is 0. The summed E-state index contributed by atoms with van der Waals surface area (Å²) in [5.74, 6) is 0. The van der Waals surface area contributed by atoms with E-state index in [0.717, 1.165) is 6.42 Å². The topological polar surface area (TPSA) is 3.01 Å². The van der Waals surface area contributed by atoms with Crippen LogP contribution in [-0.4, -0.2) is 23.9 Å². The van der Waals surface area contributed by atoms with Crippen molar-refractivity contribution in [3.8, 4) is 0 Å². The number of rotatable bonds is 0. The fourth-order valence-electron chi connectivity index (χ4n) is 1.83. The molecule has 0 aromatic rings. The highest BCUT2D eigenvalue weighted by atomic mass is 15.0. The molecule has 1 heterocycles. The Morgan fingerprint density at radius 2 is 2.36 bits per heavy atom. The van der Waals surface area contributed by atoms with Crippen molar-refractivity contribution in [3.63, 3.8) is 0 Å². The fourth-order valence-corrected chi connectivity index (χ4v) is 1.83. The van der Waals surface area contributed by atoms with E-state index in [4.69, 9.17) is 0 Å². The molecule has 1 nitrogen and oxygen atoms in total. The van der Waals surface area contributed by atoms with Gasteiger partial charge < -0.3 is 0 Å². The fraction of sp³-hybridized carbons (Fsp3) is 0.500. The van der Waals surface area contributed by atoms with Crippen molar-refractivity contribution in [1.29, 1.82) is 0 Å². The van der Waals surface area contributed by atoms with E-state index in [1.54, 1.807) is 5.57 Å². The zero-order chi connectivity index (χ0) is 7.68. The van der Waals surface area contributed by atoms with Gasteiger partial charge in [0.05, 0.1) is 0 Å². The molecule has 0 bridgehead atoms. The largest absolute Gasteiger partial charge is 0.232 e. The van der Waals surface area contributed by atoms with Crippen LogP contribution < -0.4 is 0 Å². The summed E-state index contributed by atoms with van der Waals surface area (Å²) in [5, 5.41) is 0. The highest BCUT2D eigenvalue weighted by Gasteiger charge is 2.20. The minimum Gasteiger partial charge on any atom is -0.232 e. The van der Waals surface area contributed by atoms with Gasteiger partial charge in [-0.05, 0) is 12.8 Å². The minimum absolute atomic E-state index is 1.13. The third-order valence-electron chi connectivity index (χ3n) is 2.46. The third kappa shape index (κ3) is 1.15. The lowest BCUT2D eigenvalue weighted by Crippen LogP contribution is -2.24. The Morgan fingerprint density at radius 3 is 3.18 bits per heavy atom. The maximum atomic E-state index is 2.35. The second kappa shape index (κ2) is 2.65. The van der Waals surface area contributed by atoms with E-state index in [1.807, 2.05) is 0 Å². The Morgan fingerprint density at radius 1 is 1.45 bits per heavy atom. The molecule has 1 aliphatic heterocycles. The Balaban J connectivity index is 2.41. The molecule has 0 fully saturated rings. The first kappa shape index (κ1) is 6.84. The SMILES string of the molecule is C[N+]1=C2C=CCC=C2CCC1. The lowest BCUT2D eigenvalue weighted by molar-refractivity contribution is -0.499. The van der Waals surface area contributed by atoms with E-state index in [9.17, 15) is 0 Å². The normalized spacial score (nSPS) is 23.2.